The van der Waals surface area contributed by atoms with Crippen molar-refractivity contribution in [1.29, 1.82) is 0 Å². The van der Waals surface area contributed by atoms with E-state index in [1.807, 2.05) is 4.90 Å². The molecule has 0 aromatic heterocycles. The van der Waals surface area contributed by atoms with Crippen LogP contribution >= 0.6 is 12.4 Å². The predicted molar refractivity (Wildman–Crippen MR) is 98.8 cm³/mol. The summed E-state index contributed by atoms with van der Waals surface area (Å²) in [6, 6.07) is 5.33. The van der Waals surface area contributed by atoms with Gasteiger partial charge >= 0.3 is 0 Å². The Kier molecular flexibility index (Phi) is 8.72. The summed E-state index contributed by atoms with van der Waals surface area (Å²) < 4.78 is 10.9. The molecule has 0 spiro atoms. The van der Waals surface area contributed by atoms with E-state index < -0.39 is 0 Å². The number of nitrogens with zero attached hydrogens (tertiary/aromatic N) is 1. The topological polar surface area (TPSA) is 81.9 Å². The van der Waals surface area contributed by atoms with Gasteiger partial charge in [0.2, 0.25) is 5.91 Å². The van der Waals surface area contributed by atoms with Crippen LogP contribution in [-0.4, -0.2) is 49.4 Å². The van der Waals surface area contributed by atoms with Gasteiger partial charge in [0.1, 0.15) is 0 Å². The number of Topliss-reactive ketones (excluding diaryl/α,β-unsaturated/α-hetero) is 1. The molecule has 1 heterocycles. The lowest BCUT2D eigenvalue weighted by molar-refractivity contribution is -0.132. The number of benzene rings is 1. The number of hydrogen-bond acceptors (Lipinski definition) is 5. The lowest BCUT2D eigenvalue weighted by Crippen LogP contribution is -2.42. The van der Waals surface area contributed by atoms with Crippen LogP contribution in [0.15, 0.2) is 18.2 Å². The summed E-state index contributed by atoms with van der Waals surface area (Å²) in [4.78, 5) is 25.4. The Morgan fingerprint density at radius 2 is 1.92 bits per heavy atom. The van der Waals surface area contributed by atoms with E-state index in [0.717, 1.165) is 25.9 Å². The maximum atomic E-state index is 12.1. The Bertz CT molecular complexity index is 586. The minimum absolute atomic E-state index is 0. The van der Waals surface area contributed by atoms with E-state index in [-0.39, 0.29) is 30.1 Å². The van der Waals surface area contributed by atoms with Gasteiger partial charge in [-0.05, 0) is 44.4 Å². The number of carbonyl (C=O) groups is 2. The molecule has 0 bridgehead atoms. The van der Waals surface area contributed by atoms with Crippen LogP contribution in [0.1, 0.15) is 43.0 Å². The van der Waals surface area contributed by atoms with Crippen LogP contribution in [0.4, 0.5) is 0 Å². The maximum absolute atomic E-state index is 12.1. The number of ketones is 1. The monoisotopic (exact) mass is 370 g/mol. The highest BCUT2D eigenvalue weighted by atomic mass is 35.5. The Labute approximate surface area is 155 Å². The smallest absolute Gasteiger partial charge is 0.222 e. The number of ether oxygens (including phenoxy) is 2. The van der Waals surface area contributed by atoms with Crippen LogP contribution in [0.25, 0.3) is 0 Å². The molecule has 0 radical (unpaired) electrons. The highest BCUT2D eigenvalue weighted by molar-refractivity contribution is 5.94. The van der Waals surface area contributed by atoms with E-state index in [0.29, 0.717) is 36.5 Å². The predicted octanol–water partition coefficient (Wildman–Crippen LogP) is 2.43. The van der Waals surface area contributed by atoms with Gasteiger partial charge in [-0.3, -0.25) is 9.59 Å². The van der Waals surface area contributed by atoms with E-state index in [9.17, 15) is 9.59 Å². The van der Waals surface area contributed by atoms with Gasteiger partial charge in [-0.1, -0.05) is 0 Å². The van der Waals surface area contributed by atoms with Crippen molar-refractivity contribution in [2.45, 2.75) is 38.6 Å². The summed E-state index contributed by atoms with van der Waals surface area (Å²) in [6.07, 6.45) is 2.85. The molecule has 0 aliphatic carbocycles. The van der Waals surface area contributed by atoms with Crippen molar-refractivity contribution in [2.24, 2.45) is 5.73 Å². The van der Waals surface area contributed by atoms with Crippen molar-refractivity contribution >= 4 is 24.1 Å². The molecule has 1 fully saturated rings. The van der Waals surface area contributed by atoms with Gasteiger partial charge in [-0.25, -0.2) is 0 Å². The number of amides is 1. The molecule has 7 heteroatoms. The lowest BCUT2D eigenvalue weighted by atomic mass is 10.1. The third-order valence-corrected chi connectivity index (χ3v) is 4.26. The minimum Gasteiger partial charge on any atom is -0.493 e. The number of piperidine rings is 1. The Balaban J connectivity index is 0.00000312. The molecule has 0 saturated carbocycles. The lowest BCUT2D eigenvalue weighted by Gasteiger charge is -2.30. The van der Waals surface area contributed by atoms with Gasteiger partial charge in [0.25, 0.3) is 0 Å². The van der Waals surface area contributed by atoms with E-state index in [4.69, 9.17) is 15.2 Å². The zero-order valence-corrected chi connectivity index (χ0v) is 15.6. The average molecular weight is 371 g/mol. The number of rotatable bonds is 7. The van der Waals surface area contributed by atoms with E-state index in [1.54, 1.807) is 18.2 Å². The van der Waals surface area contributed by atoms with Gasteiger partial charge in [-0.15, -0.1) is 12.4 Å². The van der Waals surface area contributed by atoms with Crippen molar-refractivity contribution in [3.63, 3.8) is 0 Å². The summed E-state index contributed by atoms with van der Waals surface area (Å²) in [5.41, 5.74) is 6.43. The molecular formula is C18H27ClN2O4. The molecule has 6 nitrogen and oxygen atoms in total. The molecule has 2 rings (SSSR count). The molecule has 1 saturated heterocycles. The highest BCUT2D eigenvalue weighted by Gasteiger charge is 2.20. The molecule has 1 aliphatic rings. The summed E-state index contributed by atoms with van der Waals surface area (Å²) >= 11 is 0. The third kappa shape index (κ3) is 6.21. The van der Waals surface area contributed by atoms with Crippen LogP contribution in [-0.2, 0) is 4.79 Å². The molecule has 0 atom stereocenters. The van der Waals surface area contributed by atoms with E-state index >= 15 is 0 Å². The van der Waals surface area contributed by atoms with Crippen LogP contribution < -0.4 is 15.2 Å². The van der Waals surface area contributed by atoms with Crippen molar-refractivity contribution < 1.29 is 19.1 Å². The highest BCUT2D eigenvalue weighted by Crippen LogP contribution is 2.28. The summed E-state index contributed by atoms with van der Waals surface area (Å²) in [5, 5.41) is 0. The van der Waals surface area contributed by atoms with Crippen LogP contribution in [0, 0.1) is 0 Å². The van der Waals surface area contributed by atoms with Gasteiger partial charge < -0.3 is 20.1 Å². The fourth-order valence-electron chi connectivity index (χ4n) is 2.72. The molecule has 1 amide bonds. The number of methoxy groups -OCH3 is 1. The second-order valence-electron chi connectivity index (χ2n) is 6.09. The fourth-order valence-corrected chi connectivity index (χ4v) is 2.72. The minimum atomic E-state index is -0.0216. The Hall–Kier alpha value is -1.79. The standard InChI is InChI=1S/C18H26N2O4.ClH/c1-13(21)14-5-6-16(17(12-14)23-2)24-11-3-4-18(22)20-9-7-15(19)8-10-20;/h5-6,12,15H,3-4,7-11,19H2,1-2H3;1H. The fraction of sp³-hybridized carbons (Fsp3) is 0.556. The first kappa shape index (κ1) is 21.3. The summed E-state index contributed by atoms with van der Waals surface area (Å²) in [7, 11) is 1.54. The molecule has 140 valence electrons. The zero-order chi connectivity index (χ0) is 17.5. The first-order valence-corrected chi connectivity index (χ1v) is 8.36. The molecule has 1 aromatic carbocycles. The molecule has 0 unspecified atom stereocenters. The van der Waals surface area contributed by atoms with Crippen molar-refractivity contribution in [3.05, 3.63) is 23.8 Å². The summed E-state index contributed by atoms with van der Waals surface area (Å²) in [6.45, 7) is 3.44. The largest absolute Gasteiger partial charge is 0.493 e. The average Bonchev–Trinajstić information content (AvgIpc) is 2.59. The number of hydrogen-bond donors (Lipinski definition) is 1. The SMILES string of the molecule is COc1cc(C(C)=O)ccc1OCCCC(=O)N1CCC(N)CC1.Cl. The van der Waals surface area contributed by atoms with Crippen LogP contribution in [0.3, 0.4) is 0 Å². The molecule has 25 heavy (non-hydrogen) atoms. The second kappa shape index (κ2) is 10.3. The van der Waals surface area contributed by atoms with Gasteiger partial charge in [0.05, 0.1) is 13.7 Å². The van der Waals surface area contributed by atoms with Crippen molar-refractivity contribution in [1.82, 2.24) is 4.90 Å². The number of nitrogens with two attached hydrogens (primary N) is 1. The Morgan fingerprint density at radius 1 is 1.24 bits per heavy atom. The molecule has 1 aliphatic heterocycles. The van der Waals surface area contributed by atoms with Gasteiger partial charge in [0.15, 0.2) is 17.3 Å². The van der Waals surface area contributed by atoms with Crippen LogP contribution in [0.5, 0.6) is 11.5 Å². The second-order valence-corrected chi connectivity index (χ2v) is 6.09. The quantitative estimate of drug-likeness (QED) is 0.588. The summed E-state index contributed by atoms with van der Waals surface area (Å²) in [5.74, 6) is 1.24. The van der Waals surface area contributed by atoms with Crippen molar-refractivity contribution in [2.75, 3.05) is 26.8 Å². The van der Waals surface area contributed by atoms with Crippen molar-refractivity contribution in [3.8, 4) is 11.5 Å². The van der Waals surface area contributed by atoms with Gasteiger partial charge in [-0.2, -0.15) is 0 Å². The normalized spacial score (nSPS) is 14.6. The third-order valence-electron chi connectivity index (χ3n) is 4.26. The number of likely N-dealkylation sites (tertiary alicyclic amines) is 1. The number of halogens is 1. The molecule has 1 aromatic rings. The van der Waals surface area contributed by atoms with E-state index in [1.165, 1.54) is 14.0 Å². The van der Waals surface area contributed by atoms with E-state index in [2.05, 4.69) is 0 Å². The molecule has 2 N–H and O–H groups in total. The Morgan fingerprint density at radius 3 is 2.52 bits per heavy atom. The maximum Gasteiger partial charge on any atom is 0.222 e. The number of carbonyl (C=O) groups excluding carboxylic acids is 2. The van der Waals surface area contributed by atoms with Crippen LogP contribution in [0.2, 0.25) is 0 Å². The first-order valence-electron chi connectivity index (χ1n) is 8.36. The zero-order valence-electron chi connectivity index (χ0n) is 14.8. The first-order chi connectivity index (χ1) is 11.5. The van der Waals surface area contributed by atoms with Gasteiger partial charge in [0, 0.05) is 31.1 Å². The molecular weight excluding hydrogens is 344 g/mol.